The van der Waals surface area contributed by atoms with Crippen LogP contribution in [0.2, 0.25) is 0 Å². The summed E-state index contributed by atoms with van der Waals surface area (Å²) in [5.74, 6) is 0.438. The normalized spacial score (nSPS) is 10.3. The average molecular weight is 298 g/mol. The first-order valence-corrected chi connectivity index (χ1v) is 7.46. The zero-order valence-corrected chi connectivity index (χ0v) is 13.3. The molecule has 0 aromatic heterocycles. The van der Waals surface area contributed by atoms with Crippen molar-refractivity contribution >= 4 is 17.3 Å². The number of rotatable bonds is 5. The quantitative estimate of drug-likeness (QED) is 0.828. The highest BCUT2D eigenvalue weighted by molar-refractivity contribution is 6.08. The molecule has 0 aliphatic heterocycles. The van der Waals surface area contributed by atoms with E-state index in [0.717, 1.165) is 29.7 Å². The van der Waals surface area contributed by atoms with E-state index in [-0.39, 0.29) is 5.91 Å². The first kappa shape index (κ1) is 15.9. The molecular weight excluding hydrogens is 276 g/mol. The lowest BCUT2D eigenvalue weighted by molar-refractivity contribution is 0.102. The molecule has 0 atom stereocenters. The van der Waals surface area contributed by atoms with E-state index in [1.54, 1.807) is 25.3 Å². The number of methoxy groups -OCH3 is 1. The summed E-state index contributed by atoms with van der Waals surface area (Å²) in [5, 5.41) is 3.02. The monoisotopic (exact) mass is 298 g/mol. The van der Waals surface area contributed by atoms with Gasteiger partial charge in [-0.15, -0.1) is 0 Å². The Hall–Kier alpha value is -2.49. The van der Waals surface area contributed by atoms with Gasteiger partial charge in [-0.25, -0.2) is 0 Å². The summed E-state index contributed by atoms with van der Waals surface area (Å²) in [6.45, 7) is 4.15. The largest absolute Gasteiger partial charge is 0.497 e. The molecule has 3 N–H and O–H groups in total. The van der Waals surface area contributed by atoms with E-state index in [2.05, 4.69) is 19.2 Å². The van der Waals surface area contributed by atoms with Crippen molar-refractivity contribution in [2.75, 3.05) is 18.2 Å². The molecule has 0 fully saturated rings. The Morgan fingerprint density at radius 3 is 2.27 bits per heavy atom. The first-order chi connectivity index (χ1) is 10.6. The van der Waals surface area contributed by atoms with Gasteiger partial charge in [0.1, 0.15) is 5.75 Å². The highest BCUT2D eigenvalue weighted by atomic mass is 16.5. The fourth-order valence-corrected chi connectivity index (χ4v) is 2.46. The molecule has 2 aromatic carbocycles. The molecule has 2 aromatic rings. The maximum Gasteiger partial charge on any atom is 0.257 e. The van der Waals surface area contributed by atoms with Gasteiger partial charge in [-0.1, -0.05) is 32.0 Å². The Morgan fingerprint density at radius 1 is 1.14 bits per heavy atom. The van der Waals surface area contributed by atoms with Crippen molar-refractivity contribution in [1.29, 1.82) is 0 Å². The Bertz CT molecular complexity index is 659. The van der Waals surface area contributed by atoms with Gasteiger partial charge in [-0.05, 0) is 36.1 Å². The second-order valence-electron chi connectivity index (χ2n) is 5.07. The molecule has 4 nitrogen and oxygen atoms in total. The number of nitrogen functional groups attached to an aromatic ring is 1. The summed E-state index contributed by atoms with van der Waals surface area (Å²) in [6, 6.07) is 11.2. The third-order valence-electron chi connectivity index (χ3n) is 3.74. The standard InChI is InChI=1S/C18H22N2O2/c1-4-12-7-6-8-13(5-2)17(12)20-18(21)15-10-9-14(22-3)11-16(15)19/h6-11H,4-5,19H2,1-3H3,(H,20,21). The van der Waals surface area contributed by atoms with E-state index in [4.69, 9.17) is 10.5 Å². The number of carbonyl (C=O) groups is 1. The van der Waals surface area contributed by atoms with Crippen molar-refractivity contribution in [3.05, 3.63) is 53.1 Å². The van der Waals surface area contributed by atoms with Crippen molar-refractivity contribution in [2.45, 2.75) is 26.7 Å². The lowest BCUT2D eigenvalue weighted by Gasteiger charge is -2.15. The van der Waals surface area contributed by atoms with Crippen LogP contribution in [0, 0.1) is 0 Å². The fourth-order valence-electron chi connectivity index (χ4n) is 2.46. The second-order valence-corrected chi connectivity index (χ2v) is 5.07. The van der Waals surface area contributed by atoms with Crippen molar-refractivity contribution in [1.82, 2.24) is 0 Å². The molecule has 0 unspecified atom stereocenters. The number of hydrogen-bond acceptors (Lipinski definition) is 3. The van der Waals surface area contributed by atoms with E-state index in [1.807, 2.05) is 18.2 Å². The maximum atomic E-state index is 12.5. The number of nitrogens with two attached hydrogens (primary N) is 1. The minimum atomic E-state index is -0.198. The van der Waals surface area contributed by atoms with Crippen LogP contribution in [0.25, 0.3) is 0 Å². The van der Waals surface area contributed by atoms with E-state index >= 15 is 0 Å². The molecule has 0 bridgehead atoms. The molecule has 22 heavy (non-hydrogen) atoms. The van der Waals surface area contributed by atoms with E-state index in [1.165, 1.54) is 0 Å². The summed E-state index contributed by atoms with van der Waals surface area (Å²) in [5.41, 5.74) is 9.96. The molecule has 0 aliphatic carbocycles. The number of aryl methyl sites for hydroxylation is 2. The smallest absolute Gasteiger partial charge is 0.257 e. The number of ether oxygens (including phenoxy) is 1. The summed E-state index contributed by atoms with van der Waals surface area (Å²) in [4.78, 5) is 12.5. The Labute approximate surface area is 131 Å². The summed E-state index contributed by atoms with van der Waals surface area (Å²) in [7, 11) is 1.57. The van der Waals surface area contributed by atoms with Gasteiger partial charge in [0.25, 0.3) is 5.91 Å². The topological polar surface area (TPSA) is 64.3 Å². The number of benzene rings is 2. The van der Waals surface area contributed by atoms with Crippen LogP contribution in [0.1, 0.15) is 35.3 Å². The van der Waals surface area contributed by atoms with Crippen molar-refractivity contribution in [2.24, 2.45) is 0 Å². The lowest BCUT2D eigenvalue weighted by atomic mass is 10.0. The van der Waals surface area contributed by atoms with Crippen molar-refractivity contribution < 1.29 is 9.53 Å². The van der Waals surface area contributed by atoms with Crippen LogP contribution in [0.4, 0.5) is 11.4 Å². The van der Waals surface area contributed by atoms with Gasteiger partial charge in [0.15, 0.2) is 0 Å². The van der Waals surface area contributed by atoms with Crippen LogP contribution < -0.4 is 15.8 Å². The van der Waals surface area contributed by atoms with Gasteiger partial charge in [0.05, 0.1) is 12.7 Å². The highest BCUT2D eigenvalue weighted by Crippen LogP contribution is 2.25. The number of carbonyl (C=O) groups excluding carboxylic acids is 1. The Balaban J connectivity index is 2.33. The zero-order chi connectivity index (χ0) is 16.1. The fraction of sp³-hybridized carbons (Fsp3) is 0.278. The van der Waals surface area contributed by atoms with Crippen molar-refractivity contribution in [3.8, 4) is 5.75 Å². The third kappa shape index (κ3) is 3.22. The van der Waals surface area contributed by atoms with Gasteiger partial charge in [0, 0.05) is 17.4 Å². The molecule has 2 rings (SSSR count). The molecule has 0 saturated carbocycles. The molecule has 1 amide bonds. The van der Waals surface area contributed by atoms with Crippen molar-refractivity contribution in [3.63, 3.8) is 0 Å². The van der Waals surface area contributed by atoms with E-state index in [0.29, 0.717) is 17.0 Å². The van der Waals surface area contributed by atoms with Gasteiger partial charge < -0.3 is 15.8 Å². The average Bonchev–Trinajstić information content (AvgIpc) is 2.54. The Kier molecular flexibility index (Phi) is 5.04. The van der Waals surface area contributed by atoms with E-state index < -0.39 is 0 Å². The SMILES string of the molecule is CCc1cccc(CC)c1NC(=O)c1ccc(OC)cc1N. The molecule has 0 heterocycles. The maximum absolute atomic E-state index is 12.5. The molecule has 0 saturated heterocycles. The molecule has 4 heteroatoms. The predicted octanol–water partition coefficient (Wildman–Crippen LogP) is 3.65. The van der Waals surface area contributed by atoms with Crippen LogP contribution in [0.3, 0.4) is 0 Å². The van der Waals surface area contributed by atoms with Crippen LogP contribution in [0.5, 0.6) is 5.75 Å². The number of hydrogen-bond donors (Lipinski definition) is 2. The summed E-state index contributed by atoms with van der Waals surface area (Å²) < 4.78 is 5.11. The molecule has 0 aliphatic rings. The molecular formula is C18H22N2O2. The second kappa shape index (κ2) is 6.98. The number of anilines is 2. The van der Waals surface area contributed by atoms with Crippen LogP contribution >= 0.6 is 0 Å². The molecule has 0 radical (unpaired) electrons. The number of para-hydroxylation sites is 1. The van der Waals surface area contributed by atoms with Crippen LogP contribution in [-0.2, 0) is 12.8 Å². The van der Waals surface area contributed by atoms with Crippen LogP contribution in [-0.4, -0.2) is 13.0 Å². The predicted molar refractivity (Wildman–Crippen MR) is 90.6 cm³/mol. The summed E-state index contributed by atoms with van der Waals surface area (Å²) >= 11 is 0. The van der Waals surface area contributed by atoms with Gasteiger partial charge in [-0.3, -0.25) is 4.79 Å². The summed E-state index contributed by atoms with van der Waals surface area (Å²) in [6.07, 6.45) is 1.73. The number of amides is 1. The molecule has 116 valence electrons. The first-order valence-electron chi connectivity index (χ1n) is 7.46. The minimum Gasteiger partial charge on any atom is -0.497 e. The zero-order valence-electron chi connectivity index (χ0n) is 13.3. The lowest BCUT2D eigenvalue weighted by Crippen LogP contribution is -2.16. The number of nitrogens with one attached hydrogen (secondary N) is 1. The third-order valence-corrected chi connectivity index (χ3v) is 3.74. The van der Waals surface area contributed by atoms with Gasteiger partial charge in [-0.2, -0.15) is 0 Å². The van der Waals surface area contributed by atoms with Crippen LogP contribution in [0.15, 0.2) is 36.4 Å². The Morgan fingerprint density at radius 2 is 1.77 bits per heavy atom. The minimum absolute atomic E-state index is 0.198. The molecule has 0 spiro atoms. The highest BCUT2D eigenvalue weighted by Gasteiger charge is 2.14. The van der Waals surface area contributed by atoms with Gasteiger partial charge in [0.2, 0.25) is 0 Å². The van der Waals surface area contributed by atoms with E-state index in [9.17, 15) is 4.79 Å². The van der Waals surface area contributed by atoms with Gasteiger partial charge >= 0.3 is 0 Å².